The number of hydrogen-bond donors (Lipinski definition) is 3. The maximum absolute atomic E-state index is 9.54. The van der Waals surface area contributed by atoms with Gasteiger partial charge in [0.05, 0.1) is 13.2 Å². The molecule has 0 bridgehead atoms. The van der Waals surface area contributed by atoms with Gasteiger partial charge in [-0.3, -0.25) is 0 Å². The van der Waals surface area contributed by atoms with E-state index in [0.717, 1.165) is 38.5 Å². The number of aliphatic imine (C=N–C) groups is 1. The Morgan fingerprint density at radius 1 is 1.11 bits per heavy atom. The standard InChI is InChI=1S/C23H39N3O2/c1-3-16-28-18-21-11-7-6-10-20(21)17-25-22(24-4-2)26-19-23(14-15-27)12-8-5-9-13-23/h6-7,10-11,27H,3-5,8-9,12-19H2,1-2H3,(H2,24,25,26). The molecule has 1 aromatic rings. The van der Waals surface area contributed by atoms with Gasteiger partial charge in [-0.25, -0.2) is 4.99 Å². The summed E-state index contributed by atoms with van der Waals surface area (Å²) in [5.41, 5.74) is 2.62. The highest BCUT2D eigenvalue weighted by atomic mass is 16.5. The summed E-state index contributed by atoms with van der Waals surface area (Å²) in [4.78, 5) is 4.82. The molecule has 28 heavy (non-hydrogen) atoms. The van der Waals surface area contributed by atoms with Crippen LogP contribution in [0.3, 0.4) is 0 Å². The second kappa shape index (κ2) is 12.8. The minimum absolute atomic E-state index is 0.203. The molecule has 0 radical (unpaired) electrons. The molecule has 1 saturated carbocycles. The first-order valence-electron chi connectivity index (χ1n) is 11.0. The largest absolute Gasteiger partial charge is 0.396 e. The summed E-state index contributed by atoms with van der Waals surface area (Å²) < 4.78 is 5.73. The van der Waals surface area contributed by atoms with Crippen molar-refractivity contribution in [2.45, 2.75) is 71.9 Å². The van der Waals surface area contributed by atoms with Gasteiger partial charge in [0.2, 0.25) is 0 Å². The highest BCUT2D eigenvalue weighted by Crippen LogP contribution is 2.38. The minimum Gasteiger partial charge on any atom is -0.396 e. The van der Waals surface area contributed by atoms with E-state index in [9.17, 15) is 5.11 Å². The fourth-order valence-electron chi connectivity index (χ4n) is 4.01. The average Bonchev–Trinajstić information content (AvgIpc) is 2.72. The van der Waals surface area contributed by atoms with Crippen LogP contribution in [0.2, 0.25) is 0 Å². The molecule has 2 rings (SSSR count). The first kappa shape index (κ1) is 22.7. The SMILES string of the molecule is CCCOCc1ccccc1CN=C(NCC)NCC1(CCO)CCCCC1. The minimum atomic E-state index is 0.203. The van der Waals surface area contributed by atoms with Gasteiger partial charge in [0.15, 0.2) is 5.96 Å². The van der Waals surface area contributed by atoms with Crippen molar-refractivity contribution in [3.63, 3.8) is 0 Å². The van der Waals surface area contributed by atoms with Crippen LogP contribution in [0.15, 0.2) is 29.3 Å². The summed E-state index contributed by atoms with van der Waals surface area (Å²) in [6, 6.07) is 8.38. The Hall–Kier alpha value is -1.59. The molecule has 0 aromatic heterocycles. The molecule has 1 fully saturated rings. The number of ether oxygens (including phenoxy) is 1. The number of nitrogens with one attached hydrogen (secondary N) is 2. The quantitative estimate of drug-likeness (QED) is 0.304. The van der Waals surface area contributed by atoms with Crippen LogP contribution < -0.4 is 10.6 Å². The van der Waals surface area contributed by atoms with E-state index in [1.807, 2.05) is 0 Å². The second-order valence-electron chi connectivity index (χ2n) is 7.90. The lowest BCUT2D eigenvalue weighted by molar-refractivity contribution is 0.121. The first-order chi connectivity index (χ1) is 13.7. The van der Waals surface area contributed by atoms with Crippen molar-refractivity contribution in [1.29, 1.82) is 0 Å². The smallest absolute Gasteiger partial charge is 0.191 e. The molecule has 0 unspecified atom stereocenters. The third-order valence-corrected chi connectivity index (χ3v) is 5.66. The van der Waals surface area contributed by atoms with Gasteiger partial charge >= 0.3 is 0 Å². The molecule has 0 aliphatic heterocycles. The lowest BCUT2D eigenvalue weighted by Crippen LogP contribution is -2.45. The maximum Gasteiger partial charge on any atom is 0.191 e. The highest BCUT2D eigenvalue weighted by Gasteiger charge is 2.31. The zero-order valence-corrected chi connectivity index (χ0v) is 17.8. The Labute approximate surface area is 171 Å². The van der Waals surface area contributed by atoms with Crippen molar-refractivity contribution < 1.29 is 9.84 Å². The van der Waals surface area contributed by atoms with Crippen LogP contribution in [0.25, 0.3) is 0 Å². The van der Waals surface area contributed by atoms with Crippen LogP contribution in [0.4, 0.5) is 0 Å². The summed E-state index contributed by atoms with van der Waals surface area (Å²) in [6.45, 7) is 8.25. The lowest BCUT2D eigenvalue weighted by atomic mass is 9.72. The number of hydrogen-bond acceptors (Lipinski definition) is 3. The number of guanidine groups is 1. The number of aliphatic hydroxyl groups excluding tert-OH is 1. The van der Waals surface area contributed by atoms with E-state index in [1.165, 1.54) is 43.2 Å². The highest BCUT2D eigenvalue weighted by molar-refractivity contribution is 5.79. The van der Waals surface area contributed by atoms with Crippen LogP contribution in [0.5, 0.6) is 0 Å². The Bertz CT molecular complexity index is 577. The molecule has 3 N–H and O–H groups in total. The van der Waals surface area contributed by atoms with E-state index < -0.39 is 0 Å². The predicted octanol–water partition coefficient (Wildman–Crippen LogP) is 4.00. The fraction of sp³-hybridized carbons (Fsp3) is 0.696. The van der Waals surface area contributed by atoms with Crippen molar-refractivity contribution >= 4 is 5.96 Å². The van der Waals surface area contributed by atoms with E-state index >= 15 is 0 Å². The predicted molar refractivity (Wildman–Crippen MR) is 116 cm³/mol. The Kier molecular flexibility index (Phi) is 10.4. The monoisotopic (exact) mass is 389 g/mol. The molecule has 0 heterocycles. The van der Waals surface area contributed by atoms with Crippen LogP contribution in [-0.2, 0) is 17.9 Å². The van der Waals surface area contributed by atoms with Gasteiger partial charge in [0.1, 0.15) is 0 Å². The van der Waals surface area contributed by atoms with Gasteiger partial charge in [-0.1, -0.05) is 50.5 Å². The van der Waals surface area contributed by atoms with E-state index in [0.29, 0.717) is 13.2 Å². The summed E-state index contributed by atoms with van der Waals surface area (Å²) in [6.07, 6.45) is 8.13. The first-order valence-corrected chi connectivity index (χ1v) is 11.0. The van der Waals surface area contributed by atoms with Crippen LogP contribution in [0.1, 0.15) is 69.9 Å². The third-order valence-electron chi connectivity index (χ3n) is 5.66. The summed E-state index contributed by atoms with van der Waals surface area (Å²) in [7, 11) is 0. The van der Waals surface area contributed by atoms with E-state index in [4.69, 9.17) is 9.73 Å². The molecule has 0 amide bonds. The van der Waals surface area contributed by atoms with E-state index in [1.54, 1.807) is 0 Å². The van der Waals surface area contributed by atoms with E-state index in [2.05, 4.69) is 48.7 Å². The van der Waals surface area contributed by atoms with Crippen molar-refractivity contribution in [2.24, 2.45) is 10.4 Å². The number of nitrogens with zero attached hydrogens (tertiary/aromatic N) is 1. The molecule has 5 nitrogen and oxygen atoms in total. The van der Waals surface area contributed by atoms with Gasteiger partial charge in [-0.05, 0) is 49.1 Å². The fourth-order valence-corrected chi connectivity index (χ4v) is 4.01. The van der Waals surface area contributed by atoms with Crippen LogP contribution in [0, 0.1) is 5.41 Å². The molecular weight excluding hydrogens is 350 g/mol. The van der Waals surface area contributed by atoms with Crippen LogP contribution in [-0.4, -0.2) is 37.4 Å². The zero-order chi connectivity index (χ0) is 20.1. The molecule has 0 saturated heterocycles. The molecule has 5 heteroatoms. The molecule has 1 aliphatic rings. The Morgan fingerprint density at radius 2 is 1.86 bits per heavy atom. The molecule has 1 aliphatic carbocycles. The van der Waals surface area contributed by atoms with Crippen molar-refractivity contribution in [2.75, 3.05) is 26.3 Å². The van der Waals surface area contributed by atoms with Crippen molar-refractivity contribution in [1.82, 2.24) is 10.6 Å². The molecular formula is C23H39N3O2. The summed E-state index contributed by atoms with van der Waals surface area (Å²) in [5, 5.41) is 16.5. The number of benzene rings is 1. The Balaban J connectivity index is 2.00. The summed E-state index contributed by atoms with van der Waals surface area (Å²) in [5.74, 6) is 0.856. The third kappa shape index (κ3) is 7.44. The molecule has 0 spiro atoms. The maximum atomic E-state index is 9.54. The van der Waals surface area contributed by atoms with Crippen molar-refractivity contribution in [3.05, 3.63) is 35.4 Å². The topological polar surface area (TPSA) is 65.9 Å². The van der Waals surface area contributed by atoms with Crippen LogP contribution >= 0.6 is 0 Å². The van der Waals surface area contributed by atoms with E-state index in [-0.39, 0.29) is 12.0 Å². The summed E-state index contributed by atoms with van der Waals surface area (Å²) >= 11 is 0. The van der Waals surface area contributed by atoms with Crippen molar-refractivity contribution in [3.8, 4) is 0 Å². The van der Waals surface area contributed by atoms with Gasteiger partial charge in [0, 0.05) is 26.3 Å². The zero-order valence-electron chi connectivity index (χ0n) is 17.8. The van der Waals surface area contributed by atoms with Gasteiger partial charge in [-0.15, -0.1) is 0 Å². The molecule has 1 aromatic carbocycles. The normalized spacial score (nSPS) is 16.8. The average molecular weight is 390 g/mol. The number of aliphatic hydroxyl groups is 1. The molecule has 158 valence electrons. The number of rotatable bonds is 11. The van der Waals surface area contributed by atoms with Gasteiger partial charge in [-0.2, -0.15) is 0 Å². The lowest BCUT2D eigenvalue weighted by Gasteiger charge is -2.37. The van der Waals surface area contributed by atoms with Gasteiger partial charge < -0.3 is 20.5 Å². The van der Waals surface area contributed by atoms with Gasteiger partial charge in [0.25, 0.3) is 0 Å². The molecule has 0 atom stereocenters. The second-order valence-corrected chi connectivity index (χ2v) is 7.90. The Morgan fingerprint density at radius 3 is 2.54 bits per heavy atom.